The number of piperidine rings is 1. The Bertz CT molecular complexity index is 295. The first-order valence-corrected chi connectivity index (χ1v) is 7.83. The molecule has 0 bridgehead atoms. The van der Waals surface area contributed by atoms with Gasteiger partial charge in [0.1, 0.15) is 0 Å². The van der Waals surface area contributed by atoms with Crippen LogP contribution in [0, 0.1) is 5.41 Å². The molecule has 4 heteroatoms. The second-order valence-corrected chi connectivity index (χ2v) is 5.95. The largest absolute Gasteiger partial charge is 0.377 e. The molecule has 1 N–H and O–H groups in total. The van der Waals surface area contributed by atoms with Gasteiger partial charge in [-0.3, -0.25) is 4.79 Å². The molecule has 2 heterocycles. The Labute approximate surface area is 116 Å². The van der Waals surface area contributed by atoms with Gasteiger partial charge in [0, 0.05) is 13.1 Å². The van der Waals surface area contributed by atoms with Gasteiger partial charge in [-0.1, -0.05) is 20.3 Å². The average molecular weight is 268 g/mol. The lowest BCUT2D eigenvalue weighted by Crippen LogP contribution is -2.57. The van der Waals surface area contributed by atoms with Crippen LogP contribution in [0.15, 0.2) is 0 Å². The molecule has 0 aliphatic carbocycles. The predicted molar refractivity (Wildman–Crippen MR) is 76.1 cm³/mol. The molecule has 2 aliphatic heterocycles. The standard InChI is InChI=1S/C15H28N2O2/c1-3-6-15(7-5-8-16-12-15)14(18)17-9-10-19-11-13(17)4-2/h13,16H,3-12H2,1-2H3. The van der Waals surface area contributed by atoms with Crippen molar-refractivity contribution in [1.82, 2.24) is 10.2 Å². The highest BCUT2D eigenvalue weighted by Gasteiger charge is 2.43. The second-order valence-electron chi connectivity index (χ2n) is 5.95. The minimum atomic E-state index is -0.155. The first-order chi connectivity index (χ1) is 9.23. The van der Waals surface area contributed by atoms with Crippen molar-refractivity contribution in [2.75, 3.05) is 32.8 Å². The minimum Gasteiger partial charge on any atom is -0.377 e. The van der Waals surface area contributed by atoms with Crippen LogP contribution in [0.25, 0.3) is 0 Å². The van der Waals surface area contributed by atoms with E-state index < -0.39 is 0 Å². The molecule has 110 valence electrons. The molecule has 0 aromatic rings. The summed E-state index contributed by atoms with van der Waals surface area (Å²) in [7, 11) is 0. The number of hydrogen-bond donors (Lipinski definition) is 1. The maximum absolute atomic E-state index is 13.1. The van der Waals surface area contributed by atoms with Crippen LogP contribution in [0.2, 0.25) is 0 Å². The molecule has 2 rings (SSSR count). The maximum atomic E-state index is 13.1. The Morgan fingerprint density at radius 3 is 2.95 bits per heavy atom. The van der Waals surface area contributed by atoms with Crippen molar-refractivity contribution in [2.24, 2.45) is 5.41 Å². The highest BCUT2D eigenvalue weighted by Crippen LogP contribution is 2.35. The predicted octanol–water partition coefficient (Wildman–Crippen LogP) is 1.79. The molecular weight excluding hydrogens is 240 g/mol. The molecule has 0 aromatic carbocycles. The Morgan fingerprint density at radius 1 is 1.47 bits per heavy atom. The molecule has 2 saturated heterocycles. The Balaban J connectivity index is 2.13. The third kappa shape index (κ3) is 3.11. The molecule has 19 heavy (non-hydrogen) atoms. The van der Waals surface area contributed by atoms with E-state index in [9.17, 15) is 4.79 Å². The SMILES string of the molecule is CCCC1(C(=O)N2CCOCC2CC)CCCNC1. The number of rotatable bonds is 4. The molecule has 0 aromatic heterocycles. The number of nitrogens with one attached hydrogen (secondary N) is 1. The van der Waals surface area contributed by atoms with Gasteiger partial charge in [0.25, 0.3) is 0 Å². The molecule has 0 saturated carbocycles. The zero-order chi connectivity index (χ0) is 13.7. The van der Waals surface area contributed by atoms with E-state index in [-0.39, 0.29) is 11.5 Å². The summed E-state index contributed by atoms with van der Waals surface area (Å²) in [6.45, 7) is 8.40. The molecule has 2 fully saturated rings. The molecule has 0 radical (unpaired) electrons. The van der Waals surface area contributed by atoms with Crippen molar-refractivity contribution in [2.45, 2.75) is 52.0 Å². The van der Waals surface area contributed by atoms with Gasteiger partial charge in [-0.15, -0.1) is 0 Å². The van der Waals surface area contributed by atoms with Crippen molar-refractivity contribution < 1.29 is 9.53 Å². The summed E-state index contributed by atoms with van der Waals surface area (Å²) in [5.41, 5.74) is -0.155. The summed E-state index contributed by atoms with van der Waals surface area (Å²) in [6.07, 6.45) is 5.23. The van der Waals surface area contributed by atoms with Crippen LogP contribution < -0.4 is 5.32 Å². The van der Waals surface area contributed by atoms with E-state index in [2.05, 4.69) is 24.1 Å². The lowest BCUT2D eigenvalue weighted by molar-refractivity contribution is -0.153. The Morgan fingerprint density at radius 2 is 2.32 bits per heavy atom. The van der Waals surface area contributed by atoms with Crippen LogP contribution in [0.1, 0.15) is 46.0 Å². The average Bonchev–Trinajstić information content (AvgIpc) is 2.47. The van der Waals surface area contributed by atoms with Crippen LogP contribution in [-0.2, 0) is 9.53 Å². The maximum Gasteiger partial charge on any atom is 0.230 e. The first-order valence-electron chi connectivity index (χ1n) is 7.83. The first kappa shape index (κ1) is 14.8. The third-order valence-corrected chi connectivity index (χ3v) is 4.61. The van der Waals surface area contributed by atoms with Crippen molar-refractivity contribution in [3.63, 3.8) is 0 Å². The molecule has 1 amide bonds. The van der Waals surface area contributed by atoms with Crippen LogP contribution in [0.5, 0.6) is 0 Å². The van der Waals surface area contributed by atoms with Crippen molar-refractivity contribution in [3.05, 3.63) is 0 Å². The van der Waals surface area contributed by atoms with Crippen LogP contribution in [0.4, 0.5) is 0 Å². The molecule has 2 unspecified atom stereocenters. The van der Waals surface area contributed by atoms with Gasteiger partial charge in [0.2, 0.25) is 5.91 Å². The summed E-state index contributed by atoms with van der Waals surface area (Å²) in [5, 5.41) is 3.43. The monoisotopic (exact) mass is 268 g/mol. The molecule has 4 nitrogen and oxygen atoms in total. The van der Waals surface area contributed by atoms with Gasteiger partial charge in [-0.25, -0.2) is 0 Å². The number of nitrogens with zero attached hydrogens (tertiary/aromatic N) is 1. The number of hydrogen-bond acceptors (Lipinski definition) is 3. The number of ether oxygens (including phenoxy) is 1. The van der Waals surface area contributed by atoms with Gasteiger partial charge in [0.05, 0.1) is 24.7 Å². The highest BCUT2D eigenvalue weighted by molar-refractivity contribution is 5.83. The summed E-state index contributed by atoms with van der Waals surface area (Å²) in [5.74, 6) is 0.372. The Hall–Kier alpha value is -0.610. The fourth-order valence-corrected chi connectivity index (χ4v) is 3.51. The van der Waals surface area contributed by atoms with E-state index >= 15 is 0 Å². The lowest BCUT2D eigenvalue weighted by Gasteiger charge is -2.44. The van der Waals surface area contributed by atoms with Gasteiger partial charge in [-0.05, 0) is 32.2 Å². The lowest BCUT2D eigenvalue weighted by atomic mass is 9.75. The number of carbonyl (C=O) groups is 1. The van der Waals surface area contributed by atoms with E-state index in [1.165, 1.54) is 0 Å². The van der Waals surface area contributed by atoms with Crippen LogP contribution in [-0.4, -0.2) is 49.7 Å². The van der Waals surface area contributed by atoms with Gasteiger partial charge in [-0.2, -0.15) is 0 Å². The van der Waals surface area contributed by atoms with E-state index in [0.717, 1.165) is 51.7 Å². The topological polar surface area (TPSA) is 41.6 Å². The van der Waals surface area contributed by atoms with Gasteiger partial charge >= 0.3 is 0 Å². The van der Waals surface area contributed by atoms with E-state index in [4.69, 9.17) is 4.74 Å². The third-order valence-electron chi connectivity index (χ3n) is 4.61. The van der Waals surface area contributed by atoms with E-state index in [1.807, 2.05) is 0 Å². The number of carbonyl (C=O) groups excluding carboxylic acids is 1. The fraction of sp³-hybridized carbons (Fsp3) is 0.933. The number of amides is 1. The highest BCUT2D eigenvalue weighted by atomic mass is 16.5. The van der Waals surface area contributed by atoms with Crippen molar-refractivity contribution >= 4 is 5.91 Å². The minimum absolute atomic E-state index is 0.155. The Kier molecular flexibility index (Phi) is 5.22. The molecule has 0 spiro atoms. The summed E-state index contributed by atoms with van der Waals surface area (Å²) in [6, 6.07) is 0.275. The van der Waals surface area contributed by atoms with Gasteiger partial charge < -0.3 is 15.0 Å². The van der Waals surface area contributed by atoms with Crippen molar-refractivity contribution in [1.29, 1.82) is 0 Å². The summed E-state index contributed by atoms with van der Waals surface area (Å²) < 4.78 is 5.52. The van der Waals surface area contributed by atoms with Gasteiger partial charge in [0.15, 0.2) is 0 Å². The fourth-order valence-electron chi connectivity index (χ4n) is 3.51. The van der Waals surface area contributed by atoms with E-state index in [1.54, 1.807) is 0 Å². The van der Waals surface area contributed by atoms with E-state index in [0.29, 0.717) is 19.1 Å². The quantitative estimate of drug-likeness (QED) is 0.845. The summed E-state index contributed by atoms with van der Waals surface area (Å²) >= 11 is 0. The second kappa shape index (κ2) is 6.71. The van der Waals surface area contributed by atoms with Crippen molar-refractivity contribution in [3.8, 4) is 0 Å². The van der Waals surface area contributed by atoms with Crippen LogP contribution in [0.3, 0.4) is 0 Å². The normalized spacial score (nSPS) is 32.3. The molecule has 2 atom stereocenters. The molecular formula is C15H28N2O2. The smallest absolute Gasteiger partial charge is 0.230 e. The number of morpholine rings is 1. The molecule has 2 aliphatic rings. The zero-order valence-corrected chi connectivity index (χ0v) is 12.4. The summed E-state index contributed by atoms with van der Waals surface area (Å²) in [4.78, 5) is 15.2. The zero-order valence-electron chi connectivity index (χ0n) is 12.4. The van der Waals surface area contributed by atoms with Crippen LogP contribution >= 0.6 is 0 Å².